The van der Waals surface area contributed by atoms with Gasteiger partial charge in [-0.25, -0.2) is 4.90 Å². The Hall–Kier alpha value is -1.43. The summed E-state index contributed by atoms with van der Waals surface area (Å²) in [5.74, 6) is -0.208. The van der Waals surface area contributed by atoms with Crippen LogP contribution in [0.25, 0.3) is 0 Å². The zero-order chi connectivity index (χ0) is 18.1. The van der Waals surface area contributed by atoms with Crippen LogP contribution in [0.1, 0.15) is 38.5 Å². The fourth-order valence-electron chi connectivity index (χ4n) is 4.62. The summed E-state index contributed by atoms with van der Waals surface area (Å²) in [6.45, 7) is 3.75. The number of carbonyl (C=O) groups is 2. The van der Waals surface area contributed by atoms with E-state index >= 15 is 0 Å². The number of imide groups is 1. The Kier molecular flexibility index (Phi) is 5.30. The predicted octanol–water partition coefficient (Wildman–Crippen LogP) is 2.92. The van der Waals surface area contributed by atoms with Crippen LogP contribution in [-0.4, -0.2) is 59.9 Å². The molecule has 0 aromatic heterocycles. The lowest BCUT2D eigenvalue weighted by Crippen LogP contribution is -2.55. The molecule has 0 radical (unpaired) electrons. The Morgan fingerprint density at radius 3 is 2.12 bits per heavy atom. The molecule has 2 saturated heterocycles. The maximum absolute atomic E-state index is 12.9. The van der Waals surface area contributed by atoms with Crippen LogP contribution in [-0.2, 0) is 9.59 Å². The monoisotopic (exact) mass is 375 g/mol. The van der Waals surface area contributed by atoms with Gasteiger partial charge in [-0.3, -0.25) is 19.4 Å². The van der Waals surface area contributed by atoms with Crippen LogP contribution < -0.4 is 4.90 Å². The second-order valence-electron chi connectivity index (χ2n) is 7.63. The highest BCUT2D eigenvalue weighted by Gasteiger charge is 2.43. The number of rotatable bonds is 3. The van der Waals surface area contributed by atoms with Gasteiger partial charge in [-0.2, -0.15) is 0 Å². The normalized spacial score (nSPS) is 26.7. The van der Waals surface area contributed by atoms with Gasteiger partial charge < -0.3 is 0 Å². The molecule has 1 atom stereocenters. The van der Waals surface area contributed by atoms with E-state index in [4.69, 9.17) is 11.6 Å². The second-order valence-corrected chi connectivity index (χ2v) is 8.06. The second kappa shape index (κ2) is 7.67. The molecule has 0 N–H and O–H groups in total. The molecule has 2 aliphatic heterocycles. The summed E-state index contributed by atoms with van der Waals surface area (Å²) in [4.78, 5) is 31.5. The summed E-state index contributed by atoms with van der Waals surface area (Å²) < 4.78 is 0. The molecule has 1 aromatic carbocycles. The molecule has 5 nitrogen and oxygen atoms in total. The highest BCUT2D eigenvalue weighted by molar-refractivity contribution is 6.30. The van der Waals surface area contributed by atoms with Gasteiger partial charge >= 0.3 is 0 Å². The molecule has 4 rings (SSSR count). The van der Waals surface area contributed by atoms with Gasteiger partial charge in [0.25, 0.3) is 5.91 Å². The minimum atomic E-state index is -0.313. The summed E-state index contributed by atoms with van der Waals surface area (Å²) in [7, 11) is 0. The van der Waals surface area contributed by atoms with Crippen molar-refractivity contribution in [1.82, 2.24) is 9.80 Å². The van der Waals surface area contributed by atoms with Crippen molar-refractivity contribution in [3.05, 3.63) is 29.3 Å². The van der Waals surface area contributed by atoms with E-state index in [1.54, 1.807) is 24.3 Å². The molecular weight excluding hydrogens is 350 g/mol. The summed E-state index contributed by atoms with van der Waals surface area (Å²) in [6.07, 6.45) is 6.96. The van der Waals surface area contributed by atoms with Gasteiger partial charge in [-0.15, -0.1) is 0 Å². The number of anilines is 1. The van der Waals surface area contributed by atoms with Crippen LogP contribution >= 0.6 is 11.6 Å². The number of carbonyl (C=O) groups excluding carboxylic acids is 2. The molecule has 0 bridgehead atoms. The topological polar surface area (TPSA) is 43.9 Å². The first-order valence-electron chi connectivity index (χ1n) is 9.74. The number of piperazine rings is 1. The summed E-state index contributed by atoms with van der Waals surface area (Å²) in [6, 6.07) is 7.31. The van der Waals surface area contributed by atoms with Crippen LogP contribution in [0.3, 0.4) is 0 Å². The molecule has 2 amide bonds. The molecule has 3 aliphatic rings. The molecule has 0 unspecified atom stereocenters. The molecule has 140 valence electrons. The van der Waals surface area contributed by atoms with Crippen LogP contribution in [0.4, 0.5) is 5.69 Å². The van der Waals surface area contributed by atoms with Crippen molar-refractivity contribution >= 4 is 29.1 Å². The maximum Gasteiger partial charge on any atom is 0.251 e. The molecule has 1 saturated carbocycles. The van der Waals surface area contributed by atoms with Gasteiger partial charge in [0.15, 0.2) is 0 Å². The van der Waals surface area contributed by atoms with Crippen molar-refractivity contribution in [2.45, 2.75) is 50.6 Å². The molecule has 2 heterocycles. The van der Waals surface area contributed by atoms with Crippen LogP contribution in [0.2, 0.25) is 5.02 Å². The van der Waals surface area contributed by atoms with Crippen molar-refractivity contribution < 1.29 is 9.59 Å². The van der Waals surface area contributed by atoms with Crippen molar-refractivity contribution in [1.29, 1.82) is 0 Å². The third kappa shape index (κ3) is 3.53. The summed E-state index contributed by atoms with van der Waals surface area (Å²) in [5, 5.41) is 0.600. The number of amides is 2. The van der Waals surface area contributed by atoms with E-state index in [2.05, 4.69) is 9.80 Å². The van der Waals surface area contributed by atoms with Crippen molar-refractivity contribution in [3.8, 4) is 0 Å². The number of nitrogens with zero attached hydrogens (tertiary/aromatic N) is 3. The minimum Gasteiger partial charge on any atom is -0.298 e. The van der Waals surface area contributed by atoms with E-state index in [0.29, 0.717) is 10.7 Å². The minimum absolute atomic E-state index is 0.0940. The highest BCUT2D eigenvalue weighted by atomic mass is 35.5. The molecule has 0 spiro atoms. The van der Waals surface area contributed by atoms with Gasteiger partial charge in [0.05, 0.1) is 18.2 Å². The average Bonchev–Trinajstić information content (AvgIpc) is 2.98. The van der Waals surface area contributed by atoms with Gasteiger partial charge in [0.2, 0.25) is 5.91 Å². The van der Waals surface area contributed by atoms with E-state index in [9.17, 15) is 9.59 Å². The zero-order valence-electron chi connectivity index (χ0n) is 15.1. The Morgan fingerprint density at radius 1 is 0.846 bits per heavy atom. The van der Waals surface area contributed by atoms with E-state index in [-0.39, 0.29) is 24.3 Å². The number of halogens is 1. The van der Waals surface area contributed by atoms with E-state index in [0.717, 1.165) is 32.2 Å². The Bertz CT molecular complexity index is 664. The number of hydrogen-bond donors (Lipinski definition) is 0. The highest BCUT2D eigenvalue weighted by Crippen LogP contribution is 2.28. The summed E-state index contributed by atoms with van der Waals surface area (Å²) in [5.41, 5.74) is 0.618. The number of benzene rings is 1. The Balaban J connectivity index is 1.39. The van der Waals surface area contributed by atoms with Crippen molar-refractivity contribution in [2.24, 2.45) is 0 Å². The summed E-state index contributed by atoms with van der Waals surface area (Å²) >= 11 is 5.92. The Morgan fingerprint density at radius 2 is 1.46 bits per heavy atom. The lowest BCUT2D eigenvalue weighted by atomic mass is 9.93. The third-order valence-corrected chi connectivity index (χ3v) is 6.34. The first-order chi connectivity index (χ1) is 12.6. The lowest BCUT2D eigenvalue weighted by molar-refractivity contribution is -0.123. The lowest BCUT2D eigenvalue weighted by Gasteiger charge is -2.42. The van der Waals surface area contributed by atoms with Crippen molar-refractivity contribution in [3.63, 3.8) is 0 Å². The number of hydrogen-bond acceptors (Lipinski definition) is 4. The van der Waals surface area contributed by atoms with Crippen molar-refractivity contribution in [2.75, 3.05) is 31.1 Å². The Labute approximate surface area is 159 Å². The zero-order valence-corrected chi connectivity index (χ0v) is 15.8. The first kappa shape index (κ1) is 18.0. The SMILES string of the molecule is O=C1C[C@H](N2CCN(C3CCCCC3)CC2)C(=O)N1c1ccc(Cl)cc1. The van der Waals surface area contributed by atoms with E-state index < -0.39 is 0 Å². The fourth-order valence-corrected chi connectivity index (χ4v) is 4.75. The standard InChI is InChI=1S/C20H26ClN3O2/c21-15-6-8-17(9-7-15)24-19(25)14-18(20(24)26)23-12-10-22(11-13-23)16-4-2-1-3-5-16/h6-9,16,18H,1-5,10-14H2/t18-/m0/s1. The molecule has 3 fully saturated rings. The maximum atomic E-state index is 12.9. The van der Waals surface area contributed by atoms with E-state index in [1.165, 1.54) is 37.0 Å². The van der Waals surface area contributed by atoms with Gasteiger partial charge in [0, 0.05) is 37.2 Å². The quantitative estimate of drug-likeness (QED) is 0.762. The molecular formula is C20H26ClN3O2. The third-order valence-electron chi connectivity index (χ3n) is 6.09. The molecule has 1 aliphatic carbocycles. The molecule has 1 aromatic rings. The molecule has 26 heavy (non-hydrogen) atoms. The largest absolute Gasteiger partial charge is 0.298 e. The van der Waals surface area contributed by atoms with Crippen LogP contribution in [0, 0.1) is 0 Å². The van der Waals surface area contributed by atoms with Crippen LogP contribution in [0.5, 0.6) is 0 Å². The van der Waals surface area contributed by atoms with Gasteiger partial charge in [0.1, 0.15) is 0 Å². The smallest absolute Gasteiger partial charge is 0.251 e. The van der Waals surface area contributed by atoms with E-state index in [1.807, 2.05) is 0 Å². The van der Waals surface area contributed by atoms with Gasteiger partial charge in [-0.1, -0.05) is 30.9 Å². The fraction of sp³-hybridized carbons (Fsp3) is 0.600. The van der Waals surface area contributed by atoms with Crippen LogP contribution in [0.15, 0.2) is 24.3 Å². The average molecular weight is 376 g/mol. The molecule has 6 heteroatoms. The predicted molar refractivity (Wildman–Crippen MR) is 102 cm³/mol. The first-order valence-corrected chi connectivity index (χ1v) is 10.1. The van der Waals surface area contributed by atoms with Gasteiger partial charge in [-0.05, 0) is 37.1 Å².